The van der Waals surface area contributed by atoms with E-state index in [1.807, 2.05) is 62.4 Å². The van der Waals surface area contributed by atoms with Crippen LogP contribution < -0.4 is 5.32 Å². The number of nitrogens with one attached hydrogen (secondary N) is 1. The molecule has 0 bridgehead atoms. The van der Waals surface area contributed by atoms with E-state index >= 15 is 0 Å². The minimum absolute atomic E-state index is 0.321. The molecule has 0 unspecified atom stereocenters. The van der Waals surface area contributed by atoms with Crippen molar-refractivity contribution in [2.75, 3.05) is 11.9 Å². The monoisotopic (exact) mass is 333 g/mol. The van der Waals surface area contributed by atoms with Crippen molar-refractivity contribution >= 4 is 28.3 Å². The molecule has 25 heavy (non-hydrogen) atoms. The summed E-state index contributed by atoms with van der Waals surface area (Å²) < 4.78 is 5.11. The molecular formula is C21H19NO3. The molecule has 4 heteroatoms. The van der Waals surface area contributed by atoms with Crippen LogP contribution in [0, 0.1) is 13.8 Å². The molecule has 3 aromatic rings. The van der Waals surface area contributed by atoms with Gasteiger partial charge >= 0.3 is 5.97 Å². The van der Waals surface area contributed by atoms with Crippen LogP contribution in [0.4, 0.5) is 5.69 Å². The van der Waals surface area contributed by atoms with Gasteiger partial charge in [-0.3, -0.25) is 4.79 Å². The van der Waals surface area contributed by atoms with Crippen molar-refractivity contribution in [1.29, 1.82) is 0 Å². The number of hydrogen-bond acceptors (Lipinski definition) is 3. The minimum atomic E-state index is -0.500. The Kier molecular flexibility index (Phi) is 4.80. The predicted octanol–water partition coefficient (Wildman–Crippen LogP) is 4.25. The highest BCUT2D eigenvalue weighted by Gasteiger charge is 2.11. The molecule has 3 rings (SSSR count). The van der Waals surface area contributed by atoms with Gasteiger partial charge in [-0.25, -0.2) is 4.79 Å². The number of amides is 1. The summed E-state index contributed by atoms with van der Waals surface area (Å²) in [4.78, 5) is 24.1. The van der Waals surface area contributed by atoms with E-state index < -0.39 is 5.97 Å². The van der Waals surface area contributed by atoms with Crippen LogP contribution in [0.2, 0.25) is 0 Å². The lowest BCUT2D eigenvalue weighted by Crippen LogP contribution is -2.21. The summed E-state index contributed by atoms with van der Waals surface area (Å²) in [6.45, 7) is 3.51. The lowest BCUT2D eigenvalue weighted by molar-refractivity contribution is -0.119. The molecule has 3 aromatic carbocycles. The first kappa shape index (κ1) is 16.7. The Bertz CT molecular complexity index is 927. The molecule has 0 radical (unpaired) electrons. The largest absolute Gasteiger partial charge is 0.452 e. The van der Waals surface area contributed by atoms with Crippen LogP contribution in [0.25, 0.3) is 10.8 Å². The van der Waals surface area contributed by atoms with Gasteiger partial charge in [0, 0.05) is 5.69 Å². The summed E-state index contributed by atoms with van der Waals surface area (Å²) in [6.07, 6.45) is 0. The van der Waals surface area contributed by atoms with E-state index in [4.69, 9.17) is 4.74 Å². The number of rotatable bonds is 4. The van der Waals surface area contributed by atoms with Crippen LogP contribution in [0.15, 0.2) is 60.7 Å². The molecule has 0 heterocycles. The zero-order chi connectivity index (χ0) is 17.8. The van der Waals surface area contributed by atoms with E-state index in [1.165, 1.54) is 0 Å². The van der Waals surface area contributed by atoms with Gasteiger partial charge in [0.1, 0.15) is 0 Å². The van der Waals surface area contributed by atoms with Gasteiger partial charge in [-0.15, -0.1) is 0 Å². The van der Waals surface area contributed by atoms with Crippen LogP contribution >= 0.6 is 0 Å². The van der Waals surface area contributed by atoms with E-state index in [1.54, 1.807) is 12.1 Å². The molecule has 0 aliphatic heterocycles. The average molecular weight is 333 g/mol. The van der Waals surface area contributed by atoms with Gasteiger partial charge in [0.05, 0.1) is 5.56 Å². The number of ether oxygens (including phenoxy) is 1. The van der Waals surface area contributed by atoms with Crippen molar-refractivity contribution in [3.63, 3.8) is 0 Å². The zero-order valence-corrected chi connectivity index (χ0v) is 14.2. The summed E-state index contributed by atoms with van der Waals surface area (Å²) >= 11 is 0. The third kappa shape index (κ3) is 4.23. The van der Waals surface area contributed by atoms with Crippen molar-refractivity contribution in [2.45, 2.75) is 13.8 Å². The van der Waals surface area contributed by atoms with Crippen LogP contribution in [-0.2, 0) is 9.53 Å². The molecule has 0 atom stereocenters. The Morgan fingerprint density at radius 3 is 2.28 bits per heavy atom. The van der Waals surface area contributed by atoms with Gasteiger partial charge in [-0.05, 0) is 48.9 Å². The van der Waals surface area contributed by atoms with Crippen molar-refractivity contribution < 1.29 is 14.3 Å². The van der Waals surface area contributed by atoms with E-state index in [-0.39, 0.29) is 12.5 Å². The van der Waals surface area contributed by atoms with E-state index in [0.717, 1.165) is 21.9 Å². The average Bonchev–Trinajstić information content (AvgIpc) is 2.58. The maximum absolute atomic E-state index is 12.1. The fourth-order valence-corrected chi connectivity index (χ4v) is 2.77. The smallest absolute Gasteiger partial charge is 0.338 e. The van der Waals surface area contributed by atoms with Gasteiger partial charge in [-0.1, -0.05) is 47.5 Å². The molecule has 0 saturated heterocycles. The first-order chi connectivity index (χ1) is 12.0. The fourth-order valence-electron chi connectivity index (χ4n) is 2.77. The maximum Gasteiger partial charge on any atom is 0.338 e. The molecule has 0 aliphatic carbocycles. The predicted molar refractivity (Wildman–Crippen MR) is 98.8 cm³/mol. The topological polar surface area (TPSA) is 55.4 Å². The first-order valence-corrected chi connectivity index (χ1v) is 8.05. The van der Waals surface area contributed by atoms with Crippen molar-refractivity contribution in [2.24, 2.45) is 0 Å². The van der Waals surface area contributed by atoms with E-state index in [9.17, 15) is 9.59 Å². The van der Waals surface area contributed by atoms with Crippen LogP contribution in [-0.4, -0.2) is 18.5 Å². The molecule has 0 fully saturated rings. The van der Waals surface area contributed by atoms with Crippen molar-refractivity contribution in [3.8, 4) is 0 Å². The fraction of sp³-hybridized carbons (Fsp3) is 0.143. The zero-order valence-electron chi connectivity index (χ0n) is 14.2. The minimum Gasteiger partial charge on any atom is -0.452 e. The Morgan fingerprint density at radius 2 is 1.56 bits per heavy atom. The summed E-state index contributed by atoms with van der Waals surface area (Å²) in [5.74, 6) is -0.867. The number of aryl methyl sites for hydroxylation is 2. The number of anilines is 1. The highest BCUT2D eigenvalue weighted by Crippen LogP contribution is 2.18. The van der Waals surface area contributed by atoms with Gasteiger partial charge in [0.25, 0.3) is 5.91 Å². The first-order valence-electron chi connectivity index (χ1n) is 8.05. The number of benzene rings is 3. The number of esters is 1. The molecule has 1 N–H and O–H groups in total. The van der Waals surface area contributed by atoms with Gasteiger partial charge < -0.3 is 10.1 Å². The number of fused-ring (bicyclic) bond motifs is 1. The van der Waals surface area contributed by atoms with Crippen LogP contribution in [0.5, 0.6) is 0 Å². The standard InChI is InChI=1S/C21H19NO3/c1-14-9-15(2)11-18(10-14)21(24)25-13-20(23)22-19-8-7-16-5-3-4-6-17(16)12-19/h3-12H,13H2,1-2H3,(H,22,23). The molecule has 1 amide bonds. The molecule has 126 valence electrons. The SMILES string of the molecule is Cc1cc(C)cc(C(=O)OCC(=O)Nc2ccc3ccccc3c2)c1. The quantitative estimate of drug-likeness (QED) is 0.726. The number of carbonyl (C=O) groups is 2. The van der Waals surface area contributed by atoms with Gasteiger partial charge in [0.15, 0.2) is 6.61 Å². The third-order valence-electron chi connectivity index (χ3n) is 3.82. The highest BCUT2D eigenvalue weighted by atomic mass is 16.5. The highest BCUT2D eigenvalue weighted by molar-refractivity contribution is 5.97. The molecule has 0 spiro atoms. The second-order valence-corrected chi connectivity index (χ2v) is 6.06. The molecule has 0 saturated carbocycles. The Hall–Kier alpha value is -3.14. The Balaban J connectivity index is 1.61. The van der Waals surface area contributed by atoms with Gasteiger partial charge in [0.2, 0.25) is 0 Å². The molecule has 0 aliphatic rings. The lowest BCUT2D eigenvalue weighted by atomic mass is 10.1. The summed E-state index contributed by atoms with van der Waals surface area (Å²) in [7, 11) is 0. The summed E-state index contributed by atoms with van der Waals surface area (Å²) in [5.41, 5.74) is 3.09. The normalized spacial score (nSPS) is 10.5. The summed E-state index contributed by atoms with van der Waals surface area (Å²) in [6, 6.07) is 19.0. The van der Waals surface area contributed by atoms with Gasteiger partial charge in [-0.2, -0.15) is 0 Å². The second-order valence-electron chi connectivity index (χ2n) is 6.06. The van der Waals surface area contributed by atoms with E-state index in [0.29, 0.717) is 11.3 Å². The maximum atomic E-state index is 12.1. The van der Waals surface area contributed by atoms with Crippen LogP contribution in [0.1, 0.15) is 21.5 Å². The third-order valence-corrected chi connectivity index (χ3v) is 3.82. The van der Waals surface area contributed by atoms with Crippen molar-refractivity contribution in [1.82, 2.24) is 0 Å². The number of carbonyl (C=O) groups excluding carboxylic acids is 2. The number of hydrogen-bond donors (Lipinski definition) is 1. The lowest BCUT2D eigenvalue weighted by Gasteiger charge is -2.08. The molecular weight excluding hydrogens is 314 g/mol. The Morgan fingerprint density at radius 1 is 0.880 bits per heavy atom. The molecule has 0 aromatic heterocycles. The Labute approximate surface area is 146 Å². The van der Waals surface area contributed by atoms with Crippen molar-refractivity contribution in [3.05, 3.63) is 77.4 Å². The van der Waals surface area contributed by atoms with E-state index in [2.05, 4.69) is 5.32 Å². The second kappa shape index (κ2) is 7.18. The summed E-state index contributed by atoms with van der Waals surface area (Å²) in [5, 5.41) is 4.88. The van der Waals surface area contributed by atoms with Crippen LogP contribution in [0.3, 0.4) is 0 Å². The molecule has 4 nitrogen and oxygen atoms in total.